The van der Waals surface area contributed by atoms with Crippen molar-refractivity contribution in [3.05, 3.63) is 29.8 Å². The number of ketones is 2. The number of fused-ring (bicyclic) bond motifs is 3. The maximum Gasteiger partial charge on any atom is 0.316 e. The van der Waals surface area contributed by atoms with Gasteiger partial charge in [0.05, 0.1) is 18.9 Å². The predicted octanol–water partition coefficient (Wildman–Crippen LogP) is 1.90. The molecule has 2 unspecified atom stereocenters. The van der Waals surface area contributed by atoms with Crippen LogP contribution >= 0.6 is 12.4 Å². The molecule has 3 heterocycles. The molecule has 0 aromatic heterocycles. The summed E-state index contributed by atoms with van der Waals surface area (Å²) in [6.07, 6.45) is 2.81. The van der Waals surface area contributed by atoms with Crippen molar-refractivity contribution in [1.29, 1.82) is 0 Å². The third-order valence-electron chi connectivity index (χ3n) is 5.52. The van der Waals surface area contributed by atoms with Gasteiger partial charge in [-0.05, 0) is 63.5 Å². The highest BCUT2D eigenvalue weighted by molar-refractivity contribution is 7.92. The zero-order valence-electron chi connectivity index (χ0n) is 17.0. The minimum absolute atomic E-state index is 0. The first-order valence-electron chi connectivity index (χ1n) is 9.76. The molecule has 3 fully saturated rings. The first kappa shape index (κ1) is 24.3. The summed E-state index contributed by atoms with van der Waals surface area (Å²) in [5.41, 5.74) is 0.591. The fraction of sp³-hybridized carbons (Fsp3) is 0.550. The van der Waals surface area contributed by atoms with Crippen molar-refractivity contribution in [3.8, 4) is 0 Å². The van der Waals surface area contributed by atoms with E-state index in [1.807, 2.05) is 0 Å². The van der Waals surface area contributed by atoms with Gasteiger partial charge in [-0.2, -0.15) is 0 Å². The zero-order valence-corrected chi connectivity index (χ0v) is 18.6. The van der Waals surface area contributed by atoms with Gasteiger partial charge in [0.15, 0.2) is 11.6 Å². The number of anilines is 1. The van der Waals surface area contributed by atoms with Crippen LogP contribution in [0.25, 0.3) is 0 Å². The number of sulfonamides is 1. The van der Waals surface area contributed by atoms with Crippen LogP contribution in [0.1, 0.15) is 36.5 Å². The molecule has 0 aliphatic carbocycles. The highest BCUT2D eigenvalue weighted by atomic mass is 35.5. The maximum absolute atomic E-state index is 13.1. The Hall–Kier alpha value is -1.97. The van der Waals surface area contributed by atoms with Gasteiger partial charge < -0.3 is 4.74 Å². The number of Topliss-reactive ketones (excluding diaryl/α,β-unsaturated/α-hetero) is 2. The van der Waals surface area contributed by atoms with Crippen LogP contribution in [0.15, 0.2) is 24.3 Å². The standard InChI is InChI=1S/C20H26N2O6S.ClH/c1-3-28-20(25)16(12-17-19(24)14-8-10-22(17)11-9-14)18(23)13-4-6-15(7-5-13)21-29(2,26)27;/h4-7,14,16-17,21H,3,8-12H2,1-2H3;1H. The first-order valence-corrected chi connectivity index (χ1v) is 11.6. The first-order chi connectivity index (χ1) is 13.7. The predicted molar refractivity (Wildman–Crippen MR) is 114 cm³/mol. The van der Waals surface area contributed by atoms with Gasteiger partial charge in [-0.25, -0.2) is 8.42 Å². The van der Waals surface area contributed by atoms with E-state index in [1.165, 1.54) is 24.3 Å². The molecule has 0 radical (unpaired) electrons. The smallest absolute Gasteiger partial charge is 0.316 e. The van der Waals surface area contributed by atoms with Gasteiger partial charge >= 0.3 is 5.97 Å². The highest BCUT2D eigenvalue weighted by Gasteiger charge is 2.44. The van der Waals surface area contributed by atoms with Gasteiger partial charge in [0.25, 0.3) is 0 Å². The Kier molecular flexibility index (Phi) is 8.01. The highest BCUT2D eigenvalue weighted by Crippen LogP contribution is 2.33. The lowest BCUT2D eigenvalue weighted by Crippen LogP contribution is -2.56. The molecular formula is C20H27ClN2O6S. The van der Waals surface area contributed by atoms with E-state index in [2.05, 4.69) is 9.62 Å². The molecule has 2 atom stereocenters. The van der Waals surface area contributed by atoms with E-state index in [0.717, 1.165) is 32.2 Å². The normalized spacial score (nSPS) is 23.9. The summed E-state index contributed by atoms with van der Waals surface area (Å²) >= 11 is 0. The van der Waals surface area contributed by atoms with Crippen molar-refractivity contribution in [3.63, 3.8) is 0 Å². The minimum Gasteiger partial charge on any atom is -0.465 e. The van der Waals surface area contributed by atoms with Gasteiger partial charge in [0.2, 0.25) is 10.0 Å². The number of rotatable bonds is 8. The van der Waals surface area contributed by atoms with E-state index >= 15 is 0 Å². The second-order valence-electron chi connectivity index (χ2n) is 7.58. The molecule has 8 nitrogen and oxygen atoms in total. The van der Waals surface area contributed by atoms with E-state index in [1.54, 1.807) is 6.92 Å². The van der Waals surface area contributed by atoms with Crippen LogP contribution in [0, 0.1) is 11.8 Å². The number of hydrogen-bond donors (Lipinski definition) is 1. The van der Waals surface area contributed by atoms with Crippen LogP contribution in [0.2, 0.25) is 0 Å². The molecular weight excluding hydrogens is 432 g/mol. The third kappa shape index (κ3) is 5.59. The molecule has 2 bridgehead atoms. The number of ether oxygens (including phenoxy) is 1. The number of nitrogens with one attached hydrogen (secondary N) is 1. The maximum atomic E-state index is 13.1. The Balaban J connectivity index is 0.00000320. The zero-order chi connectivity index (χ0) is 21.2. The molecule has 1 aromatic carbocycles. The topological polar surface area (TPSA) is 110 Å². The number of piperidine rings is 3. The Morgan fingerprint density at radius 1 is 1.20 bits per heavy atom. The molecule has 1 N–H and O–H groups in total. The van der Waals surface area contributed by atoms with Crippen LogP contribution in [0.5, 0.6) is 0 Å². The minimum atomic E-state index is -3.43. The summed E-state index contributed by atoms with van der Waals surface area (Å²) in [5, 5.41) is 0. The van der Waals surface area contributed by atoms with Crippen LogP contribution < -0.4 is 4.72 Å². The number of esters is 1. The van der Waals surface area contributed by atoms with Crippen molar-refractivity contribution in [2.75, 3.05) is 30.7 Å². The summed E-state index contributed by atoms with van der Waals surface area (Å²) in [4.78, 5) is 40.3. The number of carbonyl (C=O) groups is 3. The van der Waals surface area contributed by atoms with Crippen molar-refractivity contribution < 1.29 is 27.5 Å². The Morgan fingerprint density at radius 3 is 2.30 bits per heavy atom. The fourth-order valence-corrected chi connectivity index (χ4v) is 4.67. The molecule has 3 aliphatic heterocycles. The molecule has 0 amide bonds. The van der Waals surface area contributed by atoms with Crippen molar-refractivity contribution in [2.24, 2.45) is 11.8 Å². The number of nitrogens with zero attached hydrogens (tertiary/aromatic N) is 1. The molecule has 3 saturated heterocycles. The number of benzene rings is 1. The van der Waals surface area contributed by atoms with E-state index in [-0.39, 0.29) is 42.7 Å². The number of carbonyl (C=O) groups excluding carboxylic acids is 3. The van der Waals surface area contributed by atoms with Gasteiger partial charge in [0, 0.05) is 17.2 Å². The summed E-state index contributed by atoms with van der Waals surface area (Å²) in [5.74, 6) is -2.00. The molecule has 166 valence electrons. The van der Waals surface area contributed by atoms with E-state index in [4.69, 9.17) is 4.74 Å². The Labute approximate surface area is 182 Å². The second-order valence-corrected chi connectivity index (χ2v) is 9.33. The van der Waals surface area contributed by atoms with E-state index in [0.29, 0.717) is 5.69 Å². The Morgan fingerprint density at radius 2 is 1.80 bits per heavy atom. The molecule has 0 spiro atoms. The van der Waals surface area contributed by atoms with Gasteiger partial charge in [-0.3, -0.25) is 24.0 Å². The molecule has 1 aromatic rings. The monoisotopic (exact) mass is 458 g/mol. The molecule has 10 heteroatoms. The van der Waals surface area contributed by atoms with Gasteiger partial charge in [0.1, 0.15) is 5.92 Å². The van der Waals surface area contributed by atoms with Crippen LogP contribution in [0.3, 0.4) is 0 Å². The lowest BCUT2D eigenvalue weighted by molar-refractivity contribution is -0.148. The fourth-order valence-electron chi connectivity index (χ4n) is 4.11. The largest absolute Gasteiger partial charge is 0.465 e. The lowest BCUT2D eigenvalue weighted by atomic mass is 9.78. The van der Waals surface area contributed by atoms with E-state index < -0.39 is 33.7 Å². The van der Waals surface area contributed by atoms with Crippen LogP contribution in [-0.2, 0) is 24.3 Å². The molecule has 3 aliphatic rings. The van der Waals surface area contributed by atoms with Gasteiger partial charge in [-0.1, -0.05) is 0 Å². The Bertz CT molecular complexity index is 894. The van der Waals surface area contributed by atoms with Gasteiger partial charge in [-0.15, -0.1) is 12.4 Å². The second kappa shape index (κ2) is 9.89. The third-order valence-corrected chi connectivity index (χ3v) is 6.13. The van der Waals surface area contributed by atoms with Crippen molar-refractivity contribution in [2.45, 2.75) is 32.2 Å². The summed E-state index contributed by atoms with van der Waals surface area (Å²) in [7, 11) is -3.43. The lowest BCUT2D eigenvalue weighted by Gasteiger charge is -2.44. The van der Waals surface area contributed by atoms with Crippen LogP contribution in [-0.4, -0.2) is 62.8 Å². The number of halogens is 1. The average Bonchev–Trinajstić information content (AvgIpc) is 2.67. The SMILES string of the molecule is CCOC(=O)C(CC1C(=O)C2CCN1CC2)C(=O)c1ccc(NS(C)(=O)=O)cc1.Cl. The summed E-state index contributed by atoms with van der Waals surface area (Å²) in [6.45, 7) is 3.42. The molecule has 30 heavy (non-hydrogen) atoms. The van der Waals surface area contributed by atoms with E-state index in [9.17, 15) is 22.8 Å². The van der Waals surface area contributed by atoms with Crippen molar-refractivity contribution in [1.82, 2.24) is 4.90 Å². The quantitative estimate of drug-likeness (QED) is 0.360. The summed E-state index contributed by atoms with van der Waals surface area (Å²) in [6, 6.07) is 5.43. The summed E-state index contributed by atoms with van der Waals surface area (Å²) < 4.78 is 30.1. The molecule has 4 rings (SSSR count). The number of hydrogen-bond acceptors (Lipinski definition) is 7. The van der Waals surface area contributed by atoms with Crippen molar-refractivity contribution >= 4 is 45.7 Å². The van der Waals surface area contributed by atoms with Crippen LogP contribution in [0.4, 0.5) is 5.69 Å². The average molecular weight is 459 g/mol. The molecule has 0 saturated carbocycles.